The number of benzene rings is 1. The fourth-order valence-electron chi connectivity index (χ4n) is 3.06. The summed E-state index contributed by atoms with van der Waals surface area (Å²) in [5.74, 6) is 0.691. The molecule has 2 aromatic rings. The summed E-state index contributed by atoms with van der Waals surface area (Å²) < 4.78 is 0. The van der Waals surface area contributed by atoms with E-state index in [1.807, 2.05) is 24.3 Å². The second-order valence-electron chi connectivity index (χ2n) is 5.63. The molecule has 1 aliphatic heterocycles. The number of piperidine rings is 1. The van der Waals surface area contributed by atoms with E-state index in [1.165, 1.54) is 18.2 Å². The van der Waals surface area contributed by atoms with Gasteiger partial charge in [0.05, 0.1) is 11.3 Å². The lowest BCUT2D eigenvalue weighted by molar-refractivity contribution is -0.132. The van der Waals surface area contributed by atoms with Crippen LogP contribution >= 0.6 is 11.8 Å². The van der Waals surface area contributed by atoms with Gasteiger partial charge in [0.2, 0.25) is 5.91 Å². The van der Waals surface area contributed by atoms with Gasteiger partial charge in [-0.15, -0.1) is 0 Å². The zero-order chi connectivity index (χ0) is 15.4. The third-order valence-electron chi connectivity index (χ3n) is 4.26. The Balaban J connectivity index is 1.69. The van der Waals surface area contributed by atoms with Crippen molar-refractivity contribution in [2.45, 2.75) is 43.7 Å². The lowest BCUT2D eigenvalue weighted by Gasteiger charge is -2.35. The van der Waals surface area contributed by atoms with E-state index < -0.39 is 0 Å². The normalized spacial score (nSPS) is 18.6. The summed E-state index contributed by atoms with van der Waals surface area (Å²) in [6, 6.07) is 8.35. The number of fused-ring (bicyclic) bond motifs is 1. The fraction of sp³-hybridized carbons (Fsp3) is 0.471. The third kappa shape index (κ3) is 3.24. The van der Waals surface area contributed by atoms with Crippen molar-refractivity contribution >= 4 is 28.6 Å². The average Bonchev–Trinajstić information content (AvgIpc) is 2.59. The molecule has 0 saturated carbocycles. The van der Waals surface area contributed by atoms with E-state index in [9.17, 15) is 4.79 Å². The van der Waals surface area contributed by atoms with Crippen molar-refractivity contribution in [1.29, 1.82) is 0 Å². The molecule has 1 amide bonds. The number of likely N-dealkylation sites (tertiary alicyclic amines) is 1. The number of nitrogens with zero attached hydrogens (tertiary/aromatic N) is 3. The first kappa shape index (κ1) is 15.3. The fourth-order valence-corrected chi connectivity index (χ4v) is 3.94. The molecule has 5 heteroatoms. The van der Waals surface area contributed by atoms with E-state index in [0.29, 0.717) is 11.8 Å². The van der Waals surface area contributed by atoms with Crippen molar-refractivity contribution in [3.05, 3.63) is 30.6 Å². The highest BCUT2D eigenvalue weighted by atomic mass is 32.2. The number of aromatic nitrogens is 2. The number of amides is 1. The van der Waals surface area contributed by atoms with Crippen molar-refractivity contribution in [3.63, 3.8) is 0 Å². The number of hydrogen-bond donors (Lipinski definition) is 0. The molecule has 116 valence electrons. The maximum atomic E-state index is 12.5. The zero-order valence-corrected chi connectivity index (χ0v) is 13.7. The van der Waals surface area contributed by atoms with Crippen molar-refractivity contribution < 1.29 is 4.79 Å². The maximum absolute atomic E-state index is 12.5. The molecule has 0 aliphatic carbocycles. The first-order chi connectivity index (χ1) is 10.8. The van der Waals surface area contributed by atoms with Gasteiger partial charge in [0.25, 0.3) is 0 Å². The van der Waals surface area contributed by atoms with Crippen molar-refractivity contribution in [2.24, 2.45) is 0 Å². The molecule has 1 fully saturated rings. The lowest BCUT2D eigenvalue weighted by atomic mass is 10.0. The molecule has 1 aliphatic rings. The summed E-state index contributed by atoms with van der Waals surface area (Å²) >= 11 is 1.52. The molecular weight excluding hydrogens is 294 g/mol. The summed E-state index contributed by atoms with van der Waals surface area (Å²) in [5, 5.41) is 1.91. The van der Waals surface area contributed by atoms with Crippen LogP contribution in [0.2, 0.25) is 0 Å². The molecule has 1 aromatic heterocycles. The predicted molar refractivity (Wildman–Crippen MR) is 89.9 cm³/mol. The van der Waals surface area contributed by atoms with Gasteiger partial charge in [-0.25, -0.2) is 9.97 Å². The number of thioether (sulfide) groups is 1. The summed E-state index contributed by atoms with van der Waals surface area (Å²) in [5.41, 5.74) is 0.928. The second kappa shape index (κ2) is 7.09. The molecule has 4 nitrogen and oxygen atoms in total. The Morgan fingerprint density at radius 1 is 1.32 bits per heavy atom. The zero-order valence-electron chi connectivity index (χ0n) is 12.9. The smallest absolute Gasteiger partial charge is 0.233 e. The van der Waals surface area contributed by atoms with E-state index in [2.05, 4.69) is 21.8 Å². The standard InChI is InChI=1S/C17H21N3OS/c1-2-13-7-5-6-10-20(13)16(21)11-22-17-14-8-3-4-9-15(14)18-12-19-17/h3-4,8-9,12-13H,2,5-7,10-11H2,1H3. The summed E-state index contributed by atoms with van der Waals surface area (Å²) in [7, 11) is 0. The van der Waals surface area contributed by atoms with Gasteiger partial charge in [0.15, 0.2) is 0 Å². The van der Waals surface area contributed by atoms with Crippen LogP contribution in [0.5, 0.6) is 0 Å². The third-order valence-corrected chi connectivity index (χ3v) is 5.25. The highest BCUT2D eigenvalue weighted by Crippen LogP contribution is 2.26. The molecule has 1 unspecified atom stereocenters. The van der Waals surface area contributed by atoms with Gasteiger partial charge < -0.3 is 4.90 Å². The van der Waals surface area contributed by atoms with Gasteiger partial charge in [0.1, 0.15) is 11.4 Å². The average molecular weight is 315 g/mol. The first-order valence-electron chi connectivity index (χ1n) is 7.91. The molecule has 0 bridgehead atoms. The van der Waals surface area contributed by atoms with Crippen LogP contribution in [0.4, 0.5) is 0 Å². The Morgan fingerprint density at radius 2 is 2.18 bits per heavy atom. The van der Waals surface area contributed by atoms with Gasteiger partial charge in [0, 0.05) is 18.0 Å². The van der Waals surface area contributed by atoms with Crippen LogP contribution in [0.15, 0.2) is 35.6 Å². The van der Waals surface area contributed by atoms with Crippen LogP contribution in [0, 0.1) is 0 Å². The van der Waals surface area contributed by atoms with Crippen molar-refractivity contribution in [3.8, 4) is 0 Å². The summed E-state index contributed by atoms with van der Waals surface area (Å²) in [6.45, 7) is 3.07. The Labute approximate surface area is 135 Å². The molecule has 0 N–H and O–H groups in total. The van der Waals surface area contributed by atoms with E-state index in [4.69, 9.17) is 0 Å². The van der Waals surface area contributed by atoms with Gasteiger partial charge in [-0.1, -0.05) is 36.9 Å². The van der Waals surface area contributed by atoms with Gasteiger partial charge in [-0.05, 0) is 31.7 Å². The SMILES string of the molecule is CCC1CCCCN1C(=O)CSc1ncnc2ccccc12. The lowest BCUT2D eigenvalue weighted by Crippen LogP contribution is -2.44. The molecule has 0 spiro atoms. The van der Waals surface area contributed by atoms with Crippen LogP contribution in [-0.4, -0.2) is 39.1 Å². The van der Waals surface area contributed by atoms with E-state index >= 15 is 0 Å². The topological polar surface area (TPSA) is 46.1 Å². The molecule has 2 heterocycles. The highest BCUT2D eigenvalue weighted by Gasteiger charge is 2.25. The predicted octanol–water partition coefficient (Wildman–Crippen LogP) is 3.51. The number of para-hydroxylation sites is 1. The molecule has 1 saturated heterocycles. The molecule has 22 heavy (non-hydrogen) atoms. The van der Waals surface area contributed by atoms with Gasteiger partial charge in [-0.3, -0.25) is 4.79 Å². The quantitative estimate of drug-likeness (QED) is 0.640. The first-order valence-corrected chi connectivity index (χ1v) is 8.90. The van der Waals surface area contributed by atoms with Crippen molar-refractivity contribution in [1.82, 2.24) is 14.9 Å². The Hall–Kier alpha value is -1.62. The van der Waals surface area contributed by atoms with E-state index in [1.54, 1.807) is 6.33 Å². The number of carbonyl (C=O) groups excluding carboxylic acids is 1. The number of carbonyl (C=O) groups is 1. The van der Waals surface area contributed by atoms with E-state index in [0.717, 1.165) is 41.7 Å². The van der Waals surface area contributed by atoms with Crippen LogP contribution < -0.4 is 0 Å². The molecular formula is C17H21N3OS. The monoisotopic (exact) mass is 315 g/mol. The molecule has 0 radical (unpaired) electrons. The largest absolute Gasteiger partial charge is 0.339 e. The molecule has 1 aromatic carbocycles. The van der Waals surface area contributed by atoms with Crippen LogP contribution in [-0.2, 0) is 4.79 Å². The Morgan fingerprint density at radius 3 is 3.05 bits per heavy atom. The van der Waals surface area contributed by atoms with Gasteiger partial charge in [-0.2, -0.15) is 0 Å². The minimum atomic E-state index is 0.235. The molecule has 3 rings (SSSR count). The van der Waals surface area contributed by atoms with Crippen LogP contribution in [0.3, 0.4) is 0 Å². The molecule has 1 atom stereocenters. The highest BCUT2D eigenvalue weighted by molar-refractivity contribution is 8.00. The summed E-state index contributed by atoms with van der Waals surface area (Å²) in [4.78, 5) is 23.2. The van der Waals surface area contributed by atoms with E-state index in [-0.39, 0.29) is 5.91 Å². The minimum absolute atomic E-state index is 0.235. The minimum Gasteiger partial charge on any atom is -0.339 e. The summed E-state index contributed by atoms with van der Waals surface area (Å²) in [6.07, 6.45) is 6.14. The van der Waals surface area contributed by atoms with Gasteiger partial charge >= 0.3 is 0 Å². The number of hydrogen-bond acceptors (Lipinski definition) is 4. The van der Waals surface area contributed by atoms with Crippen molar-refractivity contribution in [2.75, 3.05) is 12.3 Å². The van der Waals surface area contributed by atoms with Crippen LogP contribution in [0.25, 0.3) is 10.9 Å². The Kier molecular flexibility index (Phi) is 4.93. The maximum Gasteiger partial charge on any atom is 0.233 e. The number of rotatable bonds is 4. The van der Waals surface area contributed by atoms with Crippen LogP contribution in [0.1, 0.15) is 32.6 Å². The second-order valence-corrected chi connectivity index (χ2v) is 6.59. The Bertz CT molecular complexity index is 656.